The normalized spacial score (nSPS) is 10.7. The number of benzene rings is 3. The Morgan fingerprint density at radius 3 is 2.27 bits per heavy atom. The molecule has 6 heteroatoms. The summed E-state index contributed by atoms with van der Waals surface area (Å²) in [5.41, 5.74) is 3.24. The van der Waals surface area contributed by atoms with Crippen molar-refractivity contribution in [2.24, 2.45) is 4.99 Å². The van der Waals surface area contributed by atoms with Crippen LogP contribution in [0.15, 0.2) is 77.8 Å². The van der Waals surface area contributed by atoms with Crippen molar-refractivity contribution in [1.29, 1.82) is 0 Å². The van der Waals surface area contributed by atoms with Crippen molar-refractivity contribution in [3.05, 3.63) is 83.9 Å². The molecule has 0 aromatic heterocycles. The molecule has 2 nitrogen and oxygen atoms in total. The fourth-order valence-corrected chi connectivity index (χ4v) is 3.57. The molecule has 0 spiro atoms. The van der Waals surface area contributed by atoms with Gasteiger partial charge in [-0.3, -0.25) is 4.99 Å². The molecule has 3 aromatic rings. The number of aromatic hydroxyl groups is 1. The molecule has 1 N–H and O–H groups in total. The van der Waals surface area contributed by atoms with E-state index in [1.54, 1.807) is 6.07 Å². The summed E-state index contributed by atoms with van der Waals surface area (Å²) >= 11 is -0.556. The average molecular weight is 438 g/mol. The van der Waals surface area contributed by atoms with Crippen LogP contribution in [0, 0.1) is 6.92 Å². The van der Waals surface area contributed by atoms with Crippen LogP contribution in [0.25, 0.3) is 0 Å². The van der Waals surface area contributed by atoms with E-state index in [9.17, 15) is 5.11 Å². The van der Waals surface area contributed by atoms with Gasteiger partial charge in [-0.2, -0.15) is 0 Å². The Morgan fingerprint density at radius 1 is 0.923 bits per heavy atom. The van der Waals surface area contributed by atoms with Crippen LogP contribution in [0.1, 0.15) is 11.1 Å². The predicted octanol–water partition coefficient (Wildman–Crippen LogP) is 5.46. The van der Waals surface area contributed by atoms with Gasteiger partial charge in [0.1, 0.15) is 5.75 Å². The zero-order valence-corrected chi connectivity index (χ0v) is 18.2. The van der Waals surface area contributed by atoms with Crippen LogP contribution in [0.2, 0.25) is 0 Å². The zero-order chi connectivity index (χ0) is 18.8. The van der Waals surface area contributed by atoms with E-state index in [2.05, 4.69) is 24.0 Å². The van der Waals surface area contributed by atoms with Gasteiger partial charge in [0.15, 0.2) is 0 Å². The Bertz CT molecular complexity index is 859. The van der Waals surface area contributed by atoms with E-state index in [0.717, 1.165) is 16.6 Å². The van der Waals surface area contributed by atoms with Crippen LogP contribution < -0.4 is 10.6 Å². The number of halogens is 2. The second-order valence-electron chi connectivity index (χ2n) is 5.35. The Balaban J connectivity index is 0.000000758. The summed E-state index contributed by atoms with van der Waals surface area (Å²) in [6.45, 7) is 2.10. The quantitative estimate of drug-likeness (QED) is 0.328. The summed E-state index contributed by atoms with van der Waals surface area (Å²) in [6.07, 6.45) is 1.91. The molecule has 1 unspecified atom stereocenters. The second kappa shape index (κ2) is 11.5. The minimum absolute atomic E-state index is 0.347. The Kier molecular flexibility index (Phi) is 9.39. The molecule has 0 aliphatic rings. The van der Waals surface area contributed by atoms with Crippen LogP contribution in [-0.2, 0) is 17.0 Å². The summed E-state index contributed by atoms with van der Waals surface area (Å²) in [5.74, 6) is 0.347. The van der Waals surface area contributed by atoms with Crippen LogP contribution in [0.3, 0.4) is 0 Å². The molecule has 0 heterocycles. The predicted molar refractivity (Wildman–Crippen MR) is 112 cm³/mol. The number of hydrogen-bond donors (Lipinski definition) is 1. The fourth-order valence-electron chi connectivity index (χ4n) is 2.34. The van der Waals surface area contributed by atoms with Gasteiger partial charge in [0.2, 0.25) is 0 Å². The molecular formula is C20H18Cl2NOPTi. The van der Waals surface area contributed by atoms with Gasteiger partial charge in [0.05, 0.1) is 5.69 Å². The van der Waals surface area contributed by atoms with Crippen LogP contribution in [0.5, 0.6) is 5.75 Å². The van der Waals surface area contributed by atoms with Crippen molar-refractivity contribution in [2.45, 2.75) is 6.92 Å². The molecule has 0 amide bonds. The van der Waals surface area contributed by atoms with Gasteiger partial charge in [-0.25, -0.2) is 0 Å². The molecule has 0 fully saturated rings. The van der Waals surface area contributed by atoms with Crippen molar-refractivity contribution in [1.82, 2.24) is 0 Å². The van der Waals surface area contributed by atoms with Gasteiger partial charge in [-0.15, -0.1) is 0 Å². The molecule has 1 atom stereocenters. The zero-order valence-electron chi connectivity index (χ0n) is 14.2. The van der Waals surface area contributed by atoms with E-state index in [1.807, 2.05) is 60.8 Å². The number of aryl methyl sites for hydroxylation is 1. The number of aliphatic imine (C=N–C) groups is 1. The third-order valence-corrected chi connectivity index (χ3v) is 5.20. The molecule has 3 aromatic carbocycles. The second-order valence-corrected chi connectivity index (χ2v) is 9.21. The molecule has 0 saturated heterocycles. The first-order valence-corrected chi connectivity index (χ1v) is 13.2. The summed E-state index contributed by atoms with van der Waals surface area (Å²) in [4.78, 5) is 4.56. The number of nitrogens with zero attached hydrogens (tertiary/aromatic N) is 1. The molecule has 0 radical (unpaired) electrons. The Morgan fingerprint density at radius 2 is 1.58 bits per heavy atom. The number of phenols is 1. The van der Waals surface area contributed by atoms with E-state index in [-0.39, 0.29) is 0 Å². The first kappa shape index (κ1) is 21.2. The van der Waals surface area contributed by atoms with Crippen molar-refractivity contribution in [3.8, 4) is 5.75 Å². The molecule has 0 aliphatic heterocycles. The maximum absolute atomic E-state index is 10.0. The first-order valence-electron chi connectivity index (χ1n) is 7.85. The van der Waals surface area contributed by atoms with Crippen molar-refractivity contribution in [2.75, 3.05) is 0 Å². The monoisotopic (exact) mass is 437 g/mol. The number of para-hydroxylation sites is 2. The molecule has 132 valence electrons. The van der Waals surface area contributed by atoms with E-state index < -0.39 is 17.0 Å². The van der Waals surface area contributed by atoms with Crippen LogP contribution in [-0.4, -0.2) is 11.3 Å². The topological polar surface area (TPSA) is 32.6 Å². The van der Waals surface area contributed by atoms with Crippen LogP contribution >= 0.6 is 27.2 Å². The van der Waals surface area contributed by atoms with Gasteiger partial charge >= 0.3 is 35.6 Å². The summed E-state index contributed by atoms with van der Waals surface area (Å²) < 4.78 is 0. The number of phenolic OH excluding ortho intramolecular Hbond substituents is 1. The maximum atomic E-state index is 10.0. The van der Waals surface area contributed by atoms with Gasteiger partial charge in [-0.05, 0) is 36.0 Å². The van der Waals surface area contributed by atoms with Gasteiger partial charge in [0.25, 0.3) is 0 Å². The minimum atomic E-state index is -0.556. The van der Waals surface area contributed by atoms with E-state index in [0.29, 0.717) is 14.3 Å². The summed E-state index contributed by atoms with van der Waals surface area (Å²) in [5, 5.41) is 12.2. The molecule has 0 bridgehead atoms. The molecular weight excluding hydrogens is 420 g/mol. The van der Waals surface area contributed by atoms with E-state index in [4.69, 9.17) is 18.6 Å². The molecule has 0 saturated carbocycles. The molecule has 3 rings (SSSR count). The van der Waals surface area contributed by atoms with Gasteiger partial charge in [-0.1, -0.05) is 63.2 Å². The standard InChI is InChI=1S/C20H18NOP.2ClH.Ti/c1-15-8-7-9-16(14-21-17-10-3-2-4-11-17)20(15)23-19-13-6-5-12-18(19)22;;;/h2-14,22-23H,1H3;2*1H;/q;;;+2/p-2. The molecule has 0 aliphatic carbocycles. The van der Waals surface area contributed by atoms with Gasteiger partial charge < -0.3 is 5.11 Å². The average Bonchev–Trinajstić information content (AvgIpc) is 2.65. The van der Waals surface area contributed by atoms with Crippen molar-refractivity contribution in [3.63, 3.8) is 0 Å². The summed E-state index contributed by atoms with van der Waals surface area (Å²) in [6, 6.07) is 23.6. The van der Waals surface area contributed by atoms with E-state index in [1.165, 1.54) is 10.9 Å². The third-order valence-electron chi connectivity index (χ3n) is 3.58. The SMILES string of the molecule is Cc1cccc(C=Nc2ccccc2)c1Pc1ccccc1O.[Cl][Ti][Cl]. The van der Waals surface area contributed by atoms with Crippen molar-refractivity contribution >= 4 is 49.7 Å². The number of hydrogen-bond acceptors (Lipinski definition) is 2. The van der Waals surface area contributed by atoms with Crippen molar-refractivity contribution < 1.29 is 22.1 Å². The van der Waals surface area contributed by atoms with Gasteiger partial charge in [0, 0.05) is 17.1 Å². The van der Waals surface area contributed by atoms with Crippen LogP contribution in [0.4, 0.5) is 5.69 Å². The fraction of sp³-hybridized carbons (Fsp3) is 0.0500. The Labute approximate surface area is 172 Å². The molecule has 26 heavy (non-hydrogen) atoms. The Hall–Kier alpha value is -1.15. The summed E-state index contributed by atoms with van der Waals surface area (Å²) in [7, 11) is 10.2. The third kappa shape index (κ3) is 6.54. The first-order chi connectivity index (χ1) is 12.7. The number of rotatable bonds is 4. The van der Waals surface area contributed by atoms with E-state index >= 15 is 0 Å².